The van der Waals surface area contributed by atoms with Gasteiger partial charge in [0.15, 0.2) is 0 Å². The van der Waals surface area contributed by atoms with E-state index in [-0.39, 0.29) is 0 Å². The highest BCUT2D eigenvalue weighted by Gasteiger charge is 2.05. The molecule has 0 nitrogen and oxygen atoms in total. The maximum absolute atomic E-state index is 3.86. The molecule has 1 aliphatic carbocycles. The van der Waals surface area contributed by atoms with E-state index in [4.69, 9.17) is 0 Å². The van der Waals surface area contributed by atoms with Gasteiger partial charge in [-0.25, -0.2) is 0 Å². The van der Waals surface area contributed by atoms with E-state index in [1.54, 1.807) is 0 Å². The zero-order chi connectivity index (χ0) is 6.15. The summed E-state index contributed by atoms with van der Waals surface area (Å²) in [6.45, 7) is 9.74. The minimum atomic E-state index is 0.978. The van der Waals surface area contributed by atoms with Gasteiger partial charge in [-0.2, -0.15) is 0 Å². The quantitative estimate of drug-likeness (QED) is 0.445. The monoisotopic (exact) mass is 106 g/mol. The maximum atomic E-state index is 3.86. The lowest BCUT2D eigenvalue weighted by atomic mass is 10.2. The van der Waals surface area contributed by atoms with Crippen LogP contribution in [-0.4, -0.2) is 0 Å². The first-order chi connectivity index (χ1) is 3.70. The van der Waals surface area contributed by atoms with Crippen LogP contribution < -0.4 is 0 Å². The number of hydrogen-bond acceptors (Lipinski definition) is 0. The van der Waals surface area contributed by atoms with Gasteiger partial charge in [-0.1, -0.05) is 24.8 Å². The van der Waals surface area contributed by atoms with Gasteiger partial charge in [0.05, 0.1) is 0 Å². The van der Waals surface area contributed by atoms with Crippen molar-refractivity contribution < 1.29 is 0 Å². The summed E-state index contributed by atoms with van der Waals surface area (Å²) in [6.07, 6.45) is 3.06. The summed E-state index contributed by atoms with van der Waals surface area (Å²) < 4.78 is 0. The molecule has 0 saturated carbocycles. The first kappa shape index (κ1) is 5.36. The second-order valence-electron chi connectivity index (χ2n) is 2.27. The minimum absolute atomic E-state index is 0.978. The predicted molar refractivity (Wildman–Crippen MR) is 36.7 cm³/mol. The van der Waals surface area contributed by atoms with Crippen LogP contribution in [0.25, 0.3) is 0 Å². The number of allylic oxidation sites excluding steroid dienone is 4. The van der Waals surface area contributed by atoms with Gasteiger partial charge in [0.1, 0.15) is 0 Å². The summed E-state index contributed by atoms with van der Waals surface area (Å²) in [5.41, 5.74) is 3.69. The zero-order valence-electron chi connectivity index (χ0n) is 5.20. The zero-order valence-corrected chi connectivity index (χ0v) is 5.20. The first-order valence-electron chi connectivity index (χ1n) is 2.74. The molecule has 0 fully saturated rings. The van der Waals surface area contributed by atoms with Gasteiger partial charge in [-0.05, 0) is 24.5 Å². The second kappa shape index (κ2) is 1.62. The van der Waals surface area contributed by atoms with Crippen LogP contribution in [0.2, 0.25) is 0 Å². The molecule has 0 aliphatic heterocycles. The van der Waals surface area contributed by atoms with Crippen molar-refractivity contribution in [2.24, 2.45) is 0 Å². The Bertz CT molecular complexity index is 170. The largest absolute Gasteiger partial charge is 0.0955 e. The molecule has 1 aliphatic rings. The minimum Gasteiger partial charge on any atom is -0.0955 e. The lowest BCUT2D eigenvalue weighted by molar-refractivity contribution is 1.26. The Hall–Kier alpha value is -0.780. The average molecular weight is 106 g/mol. The number of hydrogen-bond donors (Lipinski definition) is 0. The molecular weight excluding hydrogens is 96.1 g/mol. The molecule has 1 rings (SSSR count). The van der Waals surface area contributed by atoms with Crippen molar-refractivity contribution in [2.75, 3.05) is 0 Å². The Kier molecular flexibility index (Phi) is 1.09. The van der Waals surface area contributed by atoms with Crippen LogP contribution in [0.4, 0.5) is 0 Å². The molecule has 0 amide bonds. The van der Waals surface area contributed by atoms with Gasteiger partial charge in [0.2, 0.25) is 0 Å². The predicted octanol–water partition coefficient (Wildman–Crippen LogP) is 2.45. The Balaban J connectivity index is 2.88. The molecule has 0 heterocycles. The van der Waals surface area contributed by atoms with Crippen molar-refractivity contribution in [1.29, 1.82) is 0 Å². The van der Waals surface area contributed by atoms with E-state index in [0.717, 1.165) is 6.42 Å². The fourth-order valence-corrected chi connectivity index (χ4v) is 0.873. The highest BCUT2D eigenvalue weighted by Crippen LogP contribution is 2.25. The van der Waals surface area contributed by atoms with Crippen LogP contribution in [-0.2, 0) is 0 Å². The van der Waals surface area contributed by atoms with E-state index >= 15 is 0 Å². The van der Waals surface area contributed by atoms with Crippen molar-refractivity contribution >= 4 is 0 Å². The van der Waals surface area contributed by atoms with Crippen LogP contribution in [0.15, 0.2) is 36.0 Å². The topological polar surface area (TPSA) is 0 Å². The highest BCUT2D eigenvalue weighted by atomic mass is 14.1. The summed E-state index contributed by atoms with van der Waals surface area (Å²) in [5, 5.41) is 0. The third-order valence-electron chi connectivity index (χ3n) is 1.42. The molecule has 0 aromatic carbocycles. The molecule has 8 heavy (non-hydrogen) atoms. The third kappa shape index (κ3) is 0.738. The standard InChI is InChI=1S/C8H10/c1-6-4-7(2)8(3)5-6/h5H,1-2,4H2,3H3. The fourth-order valence-electron chi connectivity index (χ4n) is 0.873. The fraction of sp³-hybridized carbons (Fsp3) is 0.250. The molecule has 0 spiro atoms. The van der Waals surface area contributed by atoms with E-state index in [1.165, 1.54) is 16.7 Å². The van der Waals surface area contributed by atoms with Crippen LogP contribution >= 0.6 is 0 Å². The van der Waals surface area contributed by atoms with E-state index in [9.17, 15) is 0 Å². The van der Waals surface area contributed by atoms with Crippen molar-refractivity contribution in [3.05, 3.63) is 36.0 Å². The molecular formula is C8H10. The van der Waals surface area contributed by atoms with Gasteiger partial charge < -0.3 is 0 Å². The molecule has 0 bridgehead atoms. The summed E-state index contributed by atoms with van der Waals surface area (Å²) in [4.78, 5) is 0. The Labute approximate surface area is 50.2 Å². The maximum Gasteiger partial charge on any atom is -0.00348 e. The van der Waals surface area contributed by atoms with Crippen LogP contribution in [0.5, 0.6) is 0 Å². The van der Waals surface area contributed by atoms with Crippen molar-refractivity contribution in [2.45, 2.75) is 13.3 Å². The van der Waals surface area contributed by atoms with E-state index in [0.29, 0.717) is 0 Å². The third-order valence-corrected chi connectivity index (χ3v) is 1.42. The lowest BCUT2D eigenvalue weighted by Gasteiger charge is -1.89. The Morgan fingerprint density at radius 2 is 2.12 bits per heavy atom. The van der Waals surface area contributed by atoms with Crippen molar-refractivity contribution in [3.63, 3.8) is 0 Å². The van der Waals surface area contributed by atoms with Gasteiger partial charge in [0.25, 0.3) is 0 Å². The summed E-state index contributed by atoms with van der Waals surface area (Å²) >= 11 is 0. The average Bonchev–Trinajstić information content (AvgIpc) is 1.85. The molecule has 0 heteroatoms. The Morgan fingerprint density at radius 3 is 2.25 bits per heavy atom. The van der Waals surface area contributed by atoms with Gasteiger partial charge >= 0.3 is 0 Å². The highest BCUT2D eigenvalue weighted by molar-refractivity contribution is 5.44. The summed E-state index contributed by atoms with van der Waals surface area (Å²) in [7, 11) is 0. The molecule has 0 aromatic heterocycles. The molecule has 0 aromatic rings. The first-order valence-corrected chi connectivity index (χ1v) is 2.74. The van der Waals surface area contributed by atoms with E-state index in [2.05, 4.69) is 26.2 Å². The van der Waals surface area contributed by atoms with Gasteiger partial charge in [0, 0.05) is 0 Å². The molecule has 42 valence electrons. The van der Waals surface area contributed by atoms with E-state index in [1.807, 2.05) is 0 Å². The van der Waals surface area contributed by atoms with Gasteiger partial charge in [-0.3, -0.25) is 0 Å². The molecule has 0 N–H and O–H groups in total. The summed E-state index contributed by atoms with van der Waals surface area (Å²) in [5.74, 6) is 0. The molecule has 0 atom stereocenters. The lowest BCUT2D eigenvalue weighted by Crippen LogP contribution is -1.70. The molecule has 0 unspecified atom stereocenters. The normalized spacial score (nSPS) is 19.4. The SMILES string of the molecule is C=C1C=C(C)C(=C)C1. The van der Waals surface area contributed by atoms with Crippen molar-refractivity contribution in [1.82, 2.24) is 0 Å². The Morgan fingerprint density at radius 1 is 1.50 bits per heavy atom. The summed E-state index contributed by atoms with van der Waals surface area (Å²) in [6, 6.07) is 0. The smallest absolute Gasteiger partial charge is 0.00348 e. The molecule has 0 saturated heterocycles. The second-order valence-corrected chi connectivity index (χ2v) is 2.27. The number of rotatable bonds is 0. The van der Waals surface area contributed by atoms with Crippen LogP contribution in [0.1, 0.15) is 13.3 Å². The van der Waals surface area contributed by atoms with E-state index < -0.39 is 0 Å². The molecule has 0 radical (unpaired) electrons. The van der Waals surface area contributed by atoms with Crippen LogP contribution in [0.3, 0.4) is 0 Å². The van der Waals surface area contributed by atoms with Gasteiger partial charge in [-0.15, -0.1) is 0 Å². The van der Waals surface area contributed by atoms with Crippen molar-refractivity contribution in [3.8, 4) is 0 Å². The van der Waals surface area contributed by atoms with Crippen LogP contribution in [0, 0.1) is 0 Å².